The first-order valence-electron chi connectivity index (χ1n) is 11.2. The molecule has 0 unspecified atom stereocenters. The summed E-state index contributed by atoms with van der Waals surface area (Å²) in [5.41, 5.74) is 1.70. The van der Waals surface area contributed by atoms with Gasteiger partial charge in [0.15, 0.2) is 0 Å². The van der Waals surface area contributed by atoms with Crippen molar-refractivity contribution >= 4 is 22.7 Å². The number of para-hydroxylation sites is 1. The molecular formula is C24H27N3O3. The fourth-order valence-electron chi connectivity index (χ4n) is 6.03. The molecule has 3 fully saturated rings. The molecule has 30 heavy (non-hydrogen) atoms. The molecule has 2 saturated heterocycles. The number of rotatable bonds is 5. The zero-order valence-electron chi connectivity index (χ0n) is 17.0. The van der Waals surface area contributed by atoms with Gasteiger partial charge >= 0.3 is 0 Å². The quantitative estimate of drug-likeness (QED) is 0.751. The van der Waals surface area contributed by atoms with Crippen molar-refractivity contribution in [1.29, 1.82) is 0 Å². The van der Waals surface area contributed by atoms with Crippen LogP contribution in [-0.2, 0) is 20.7 Å². The summed E-state index contributed by atoms with van der Waals surface area (Å²) in [6.07, 6.45) is 11.0. The van der Waals surface area contributed by atoms with Crippen molar-refractivity contribution in [2.24, 2.45) is 11.8 Å². The summed E-state index contributed by atoms with van der Waals surface area (Å²) >= 11 is 0. The summed E-state index contributed by atoms with van der Waals surface area (Å²) in [7, 11) is 0. The predicted octanol–water partition coefficient (Wildman–Crippen LogP) is 2.55. The number of likely N-dealkylation sites (tertiary alicyclic amines) is 1. The molecule has 1 aromatic heterocycles. The Kier molecular flexibility index (Phi) is 4.07. The van der Waals surface area contributed by atoms with Crippen LogP contribution in [0, 0.1) is 11.8 Å². The standard InChI is InChI=1S/C24H27N3O3/c28-22(26-16-5-1-2-6-16)20-19-9-11-24(30-19)14-27(23(29)21(20)24)12-10-15-13-25-18-8-4-3-7-17(15)18/h3-4,7-9,11,13,16,19-21,25H,1-2,5-6,10,12,14H2,(H,26,28)/t19-,20-,21+,24-/m0/s1. The Morgan fingerprint density at radius 1 is 1.27 bits per heavy atom. The lowest BCUT2D eigenvalue weighted by atomic mass is 9.76. The van der Waals surface area contributed by atoms with Gasteiger partial charge in [-0.2, -0.15) is 0 Å². The molecule has 4 atom stereocenters. The number of amides is 2. The molecule has 4 aliphatic rings. The second-order valence-corrected chi connectivity index (χ2v) is 9.26. The van der Waals surface area contributed by atoms with Crippen molar-refractivity contribution < 1.29 is 14.3 Å². The Hall–Kier alpha value is -2.60. The topological polar surface area (TPSA) is 74.4 Å². The van der Waals surface area contributed by atoms with E-state index in [2.05, 4.69) is 22.4 Å². The highest BCUT2D eigenvalue weighted by Gasteiger charge is 2.66. The van der Waals surface area contributed by atoms with Crippen molar-refractivity contribution in [2.75, 3.05) is 13.1 Å². The van der Waals surface area contributed by atoms with Gasteiger partial charge in [0.1, 0.15) is 5.60 Å². The van der Waals surface area contributed by atoms with Crippen LogP contribution in [0.4, 0.5) is 0 Å². The van der Waals surface area contributed by atoms with Gasteiger partial charge in [-0.15, -0.1) is 0 Å². The maximum absolute atomic E-state index is 13.4. The number of benzene rings is 1. The van der Waals surface area contributed by atoms with E-state index >= 15 is 0 Å². The van der Waals surface area contributed by atoms with Gasteiger partial charge in [-0.05, 0) is 30.9 Å². The van der Waals surface area contributed by atoms with Crippen LogP contribution in [0.15, 0.2) is 42.6 Å². The minimum Gasteiger partial charge on any atom is -0.361 e. The number of ether oxygens (including phenoxy) is 1. The van der Waals surface area contributed by atoms with E-state index in [0.29, 0.717) is 13.1 Å². The van der Waals surface area contributed by atoms with Crippen LogP contribution in [0.5, 0.6) is 0 Å². The van der Waals surface area contributed by atoms with E-state index in [1.54, 1.807) is 0 Å². The molecule has 1 aromatic carbocycles. The third kappa shape index (κ3) is 2.66. The highest BCUT2D eigenvalue weighted by Crippen LogP contribution is 2.52. The Bertz CT molecular complexity index is 1040. The molecule has 4 heterocycles. The Morgan fingerprint density at radius 3 is 2.97 bits per heavy atom. The fourth-order valence-corrected chi connectivity index (χ4v) is 6.03. The number of hydrogen-bond acceptors (Lipinski definition) is 3. The van der Waals surface area contributed by atoms with Crippen molar-refractivity contribution in [3.05, 3.63) is 48.2 Å². The third-order valence-electron chi connectivity index (χ3n) is 7.51. The molecule has 6 heteroatoms. The first-order chi connectivity index (χ1) is 14.6. The van der Waals surface area contributed by atoms with Gasteiger partial charge in [-0.3, -0.25) is 9.59 Å². The van der Waals surface area contributed by atoms with Gasteiger partial charge in [0, 0.05) is 29.7 Å². The number of nitrogens with zero attached hydrogens (tertiary/aromatic N) is 1. The summed E-state index contributed by atoms with van der Waals surface area (Å²) in [5.74, 6) is -0.735. The maximum Gasteiger partial charge on any atom is 0.230 e. The average molecular weight is 405 g/mol. The monoisotopic (exact) mass is 405 g/mol. The second-order valence-electron chi connectivity index (χ2n) is 9.26. The zero-order chi connectivity index (χ0) is 20.3. The SMILES string of the molecule is O=C(NC1CCCC1)[C@H]1[C@@H]2C=C[C@@]3(CN(CCc4c[nH]c5ccccc45)C(=O)[C@@H]13)O2. The summed E-state index contributed by atoms with van der Waals surface area (Å²) in [6, 6.07) is 8.48. The van der Waals surface area contributed by atoms with Crippen LogP contribution in [0.3, 0.4) is 0 Å². The van der Waals surface area contributed by atoms with Crippen molar-refractivity contribution in [3.63, 3.8) is 0 Å². The molecule has 1 saturated carbocycles. The van der Waals surface area contributed by atoms with E-state index in [-0.39, 0.29) is 24.0 Å². The molecule has 1 spiro atoms. The zero-order valence-corrected chi connectivity index (χ0v) is 17.0. The molecule has 6 nitrogen and oxygen atoms in total. The first kappa shape index (κ1) is 18.2. The van der Waals surface area contributed by atoms with Crippen LogP contribution >= 0.6 is 0 Å². The van der Waals surface area contributed by atoms with Gasteiger partial charge in [0.25, 0.3) is 0 Å². The van der Waals surface area contributed by atoms with E-state index in [0.717, 1.165) is 24.8 Å². The van der Waals surface area contributed by atoms with Gasteiger partial charge in [0.05, 0.1) is 24.5 Å². The number of H-pyrrole nitrogens is 1. The number of aromatic amines is 1. The fraction of sp³-hybridized carbons (Fsp3) is 0.500. The summed E-state index contributed by atoms with van der Waals surface area (Å²) in [5, 5.41) is 4.40. The van der Waals surface area contributed by atoms with Crippen LogP contribution in [-0.4, -0.2) is 52.5 Å². The van der Waals surface area contributed by atoms with Crippen molar-refractivity contribution in [3.8, 4) is 0 Å². The highest BCUT2D eigenvalue weighted by molar-refractivity contribution is 5.93. The van der Waals surface area contributed by atoms with Gasteiger partial charge in [-0.25, -0.2) is 0 Å². The number of nitrogens with one attached hydrogen (secondary N) is 2. The smallest absolute Gasteiger partial charge is 0.230 e. The molecule has 2 amide bonds. The average Bonchev–Trinajstić information content (AvgIpc) is 3.55. The number of fused-ring (bicyclic) bond motifs is 2. The van der Waals surface area contributed by atoms with Crippen LogP contribution in [0.25, 0.3) is 10.9 Å². The molecule has 156 valence electrons. The summed E-state index contributed by atoms with van der Waals surface area (Å²) < 4.78 is 6.25. The number of aromatic nitrogens is 1. The highest BCUT2D eigenvalue weighted by atomic mass is 16.5. The third-order valence-corrected chi connectivity index (χ3v) is 7.51. The number of carbonyl (C=O) groups excluding carboxylic acids is 2. The van der Waals surface area contributed by atoms with Gasteiger partial charge in [-0.1, -0.05) is 43.2 Å². The van der Waals surface area contributed by atoms with Crippen LogP contribution in [0.1, 0.15) is 31.2 Å². The lowest BCUT2D eigenvalue weighted by molar-refractivity contribution is -0.137. The minimum absolute atomic E-state index is 0.00467. The molecule has 1 aliphatic carbocycles. The van der Waals surface area contributed by atoms with Gasteiger partial charge < -0.3 is 19.9 Å². The largest absolute Gasteiger partial charge is 0.361 e. The predicted molar refractivity (Wildman–Crippen MR) is 113 cm³/mol. The lowest BCUT2D eigenvalue weighted by Gasteiger charge is -2.25. The lowest BCUT2D eigenvalue weighted by Crippen LogP contribution is -2.46. The normalized spacial score (nSPS) is 32.5. The van der Waals surface area contributed by atoms with E-state index in [4.69, 9.17) is 4.74 Å². The minimum atomic E-state index is -0.625. The molecule has 3 aliphatic heterocycles. The molecule has 2 aromatic rings. The van der Waals surface area contributed by atoms with Crippen molar-refractivity contribution in [2.45, 2.75) is 49.9 Å². The van der Waals surface area contributed by atoms with E-state index < -0.39 is 17.4 Å². The van der Waals surface area contributed by atoms with Crippen LogP contribution < -0.4 is 5.32 Å². The van der Waals surface area contributed by atoms with E-state index in [1.807, 2.05) is 35.4 Å². The number of carbonyl (C=O) groups is 2. The molecular weight excluding hydrogens is 378 g/mol. The van der Waals surface area contributed by atoms with Crippen LogP contribution in [0.2, 0.25) is 0 Å². The molecule has 6 rings (SSSR count). The molecule has 2 bridgehead atoms. The maximum atomic E-state index is 13.4. The molecule has 2 N–H and O–H groups in total. The summed E-state index contributed by atoms with van der Waals surface area (Å²) in [6.45, 7) is 1.18. The van der Waals surface area contributed by atoms with E-state index in [9.17, 15) is 9.59 Å². The Labute approximate surface area is 175 Å². The van der Waals surface area contributed by atoms with E-state index in [1.165, 1.54) is 23.8 Å². The Morgan fingerprint density at radius 2 is 2.10 bits per heavy atom. The Balaban J connectivity index is 1.19. The van der Waals surface area contributed by atoms with Gasteiger partial charge in [0.2, 0.25) is 11.8 Å². The first-order valence-corrected chi connectivity index (χ1v) is 11.2. The van der Waals surface area contributed by atoms with Crippen molar-refractivity contribution in [1.82, 2.24) is 15.2 Å². The number of hydrogen-bond donors (Lipinski definition) is 2. The second kappa shape index (κ2) is 6.71. The summed E-state index contributed by atoms with van der Waals surface area (Å²) in [4.78, 5) is 31.6. The molecule has 0 radical (unpaired) electrons.